The molecule has 0 unspecified atom stereocenters. The molecule has 5 heterocycles. The third kappa shape index (κ3) is 4.55. The van der Waals surface area contributed by atoms with Gasteiger partial charge in [-0.2, -0.15) is 0 Å². The molecule has 2 saturated heterocycles. The van der Waals surface area contributed by atoms with Crippen molar-refractivity contribution >= 4 is 27.8 Å². The normalized spacial score (nSPS) is 17.2. The van der Waals surface area contributed by atoms with Crippen LogP contribution in [0.1, 0.15) is 24.7 Å². The van der Waals surface area contributed by atoms with E-state index in [2.05, 4.69) is 36.8 Å². The van der Waals surface area contributed by atoms with Crippen LogP contribution < -0.4 is 10.2 Å². The van der Waals surface area contributed by atoms with Crippen LogP contribution in [0.5, 0.6) is 0 Å². The van der Waals surface area contributed by atoms with Gasteiger partial charge in [-0.05, 0) is 81.4 Å². The number of likely N-dealkylation sites (tertiary alicyclic amines) is 1. The van der Waals surface area contributed by atoms with E-state index in [-0.39, 0.29) is 17.5 Å². The SMILES string of the molecule is Cc1nc2c(F)cc(-c3c[nH]c4ncc(-c5cc(F)c(F)c(N6CCNCC6)c5)cc34)cc2n1C1CCN(C)CC1. The number of aromatic nitrogens is 4. The smallest absolute Gasteiger partial charge is 0.182 e. The second kappa shape index (κ2) is 10.2. The number of nitrogens with zero attached hydrogens (tertiary/aromatic N) is 5. The molecule has 5 aromatic rings. The van der Waals surface area contributed by atoms with Gasteiger partial charge in [-0.15, -0.1) is 0 Å². The zero-order valence-electron chi connectivity index (χ0n) is 23.1. The molecule has 10 heteroatoms. The summed E-state index contributed by atoms with van der Waals surface area (Å²) in [6.07, 6.45) is 5.44. The minimum Gasteiger partial charge on any atom is -0.367 e. The summed E-state index contributed by atoms with van der Waals surface area (Å²) in [5.41, 5.74) is 4.74. The third-order valence-corrected chi connectivity index (χ3v) is 8.62. The molecule has 0 amide bonds. The first-order valence-corrected chi connectivity index (χ1v) is 14.2. The maximum Gasteiger partial charge on any atom is 0.182 e. The van der Waals surface area contributed by atoms with E-state index >= 15 is 4.39 Å². The summed E-state index contributed by atoms with van der Waals surface area (Å²) in [5.74, 6) is -1.29. The zero-order valence-corrected chi connectivity index (χ0v) is 23.1. The van der Waals surface area contributed by atoms with E-state index in [1.54, 1.807) is 12.3 Å². The topological polar surface area (TPSA) is 65.0 Å². The van der Waals surface area contributed by atoms with E-state index in [0.29, 0.717) is 54.0 Å². The van der Waals surface area contributed by atoms with Gasteiger partial charge in [-0.1, -0.05) is 0 Å². The number of anilines is 1. The van der Waals surface area contributed by atoms with E-state index in [0.717, 1.165) is 48.2 Å². The summed E-state index contributed by atoms with van der Waals surface area (Å²) in [6, 6.07) is 8.60. The van der Waals surface area contributed by atoms with Crippen molar-refractivity contribution in [3.05, 3.63) is 66.0 Å². The van der Waals surface area contributed by atoms with E-state index in [1.165, 1.54) is 12.1 Å². The van der Waals surface area contributed by atoms with Gasteiger partial charge in [0.05, 0.1) is 11.2 Å². The lowest BCUT2D eigenvalue weighted by Gasteiger charge is -2.30. The third-order valence-electron chi connectivity index (χ3n) is 8.62. The van der Waals surface area contributed by atoms with Crippen molar-refractivity contribution in [2.45, 2.75) is 25.8 Å². The zero-order chi connectivity index (χ0) is 28.2. The van der Waals surface area contributed by atoms with Crippen LogP contribution in [0.3, 0.4) is 0 Å². The molecule has 2 aliphatic heterocycles. The Balaban J connectivity index is 1.32. The fourth-order valence-electron chi connectivity index (χ4n) is 6.42. The summed E-state index contributed by atoms with van der Waals surface area (Å²) in [6.45, 7) is 6.54. The van der Waals surface area contributed by atoms with Gasteiger partial charge >= 0.3 is 0 Å². The molecule has 0 saturated carbocycles. The number of hydrogen-bond donors (Lipinski definition) is 2. The Bertz CT molecular complexity index is 1760. The highest BCUT2D eigenvalue weighted by Crippen LogP contribution is 2.37. The van der Waals surface area contributed by atoms with Gasteiger partial charge in [-0.25, -0.2) is 23.1 Å². The van der Waals surface area contributed by atoms with Crippen LogP contribution >= 0.6 is 0 Å². The van der Waals surface area contributed by atoms with Crippen LogP contribution in [0.4, 0.5) is 18.9 Å². The van der Waals surface area contributed by atoms with Crippen LogP contribution in [-0.4, -0.2) is 70.7 Å². The minimum absolute atomic E-state index is 0.251. The second-order valence-electron chi connectivity index (χ2n) is 11.2. The lowest BCUT2D eigenvalue weighted by Crippen LogP contribution is -2.44. The molecule has 212 valence electrons. The van der Waals surface area contributed by atoms with E-state index in [1.807, 2.05) is 30.2 Å². The molecule has 0 atom stereocenters. The van der Waals surface area contributed by atoms with E-state index in [4.69, 9.17) is 0 Å². The standard InChI is InChI=1S/C31H32F3N7/c1-18-38-30-26(33)13-20(15-28(30)41(18)22-3-7-39(2)8-4-22)24-17-37-31-23(24)11-21(16-36-31)19-12-25(32)29(34)27(14-19)40-9-5-35-6-10-40/h11-17,22,35H,3-10H2,1-2H3,(H,36,37). The predicted molar refractivity (Wildman–Crippen MR) is 156 cm³/mol. The van der Waals surface area contributed by atoms with E-state index < -0.39 is 11.6 Å². The number of aromatic amines is 1. The lowest BCUT2D eigenvalue weighted by atomic mass is 10.0. The number of aryl methyl sites for hydroxylation is 1. The minimum atomic E-state index is -0.893. The number of nitrogens with one attached hydrogen (secondary N) is 2. The molecule has 0 bridgehead atoms. The molecule has 2 N–H and O–H groups in total. The average Bonchev–Trinajstić information content (AvgIpc) is 3.56. The molecule has 0 spiro atoms. The second-order valence-corrected chi connectivity index (χ2v) is 11.2. The van der Waals surface area contributed by atoms with Crippen molar-refractivity contribution in [1.29, 1.82) is 0 Å². The maximum atomic E-state index is 15.5. The summed E-state index contributed by atoms with van der Waals surface area (Å²) >= 11 is 0. The Labute approximate surface area is 236 Å². The first-order chi connectivity index (χ1) is 19.9. The highest BCUT2D eigenvalue weighted by Gasteiger charge is 2.24. The molecule has 41 heavy (non-hydrogen) atoms. The maximum absolute atomic E-state index is 15.5. The summed E-state index contributed by atoms with van der Waals surface area (Å²) in [4.78, 5) is 16.5. The van der Waals surface area contributed by atoms with Crippen LogP contribution in [0.25, 0.3) is 44.3 Å². The number of piperazine rings is 1. The average molecular weight is 560 g/mol. The Morgan fingerprint density at radius 3 is 2.41 bits per heavy atom. The van der Waals surface area contributed by atoms with Gasteiger partial charge < -0.3 is 24.7 Å². The molecule has 2 aromatic carbocycles. The Kier molecular flexibility index (Phi) is 6.47. The van der Waals surface area contributed by atoms with Gasteiger partial charge in [0, 0.05) is 61.1 Å². The van der Waals surface area contributed by atoms with Gasteiger partial charge in [0.15, 0.2) is 17.5 Å². The first kappa shape index (κ1) is 26.0. The number of fused-ring (bicyclic) bond motifs is 2. The monoisotopic (exact) mass is 559 g/mol. The first-order valence-electron chi connectivity index (χ1n) is 14.2. The van der Waals surface area contributed by atoms with Crippen molar-refractivity contribution in [3.63, 3.8) is 0 Å². The molecule has 2 aliphatic rings. The van der Waals surface area contributed by atoms with Crippen molar-refractivity contribution in [2.24, 2.45) is 0 Å². The molecule has 3 aromatic heterocycles. The van der Waals surface area contributed by atoms with E-state index in [9.17, 15) is 8.78 Å². The molecular weight excluding hydrogens is 527 g/mol. The number of rotatable bonds is 4. The highest BCUT2D eigenvalue weighted by molar-refractivity contribution is 5.98. The number of H-pyrrole nitrogens is 1. The van der Waals surface area contributed by atoms with Gasteiger partial charge in [0.25, 0.3) is 0 Å². The van der Waals surface area contributed by atoms with Crippen LogP contribution in [0.2, 0.25) is 0 Å². The van der Waals surface area contributed by atoms with Crippen LogP contribution in [0, 0.1) is 24.4 Å². The van der Waals surface area contributed by atoms with Crippen LogP contribution in [-0.2, 0) is 0 Å². The molecule has 7 nitrogen and oxygen atoms in total. The summed E-state index contributed by atoms with van der Waals surface area (Å²) in [7, 11) is 2.12. The fraction of sp³-hybridized carbons (Fsp3) is 0.355. The van der Waals surface area contributed by atoms with Crippen molar-refractivity contribution < 1.29 is 13.2 Å². The Morgan fingerprint density at radius 2 is 1.63 bits per heavy atom. The number of hydrogen-bond acceptors (Lipinski definition) is 5. The number of pyridine rings is 1. The number of benzene rings is 2. The Morgan fingerprint density at radius 1 is 0.878 bits per heavy atom. The number of halogens is 3. The largest absolute Gasteiger partial charge is 0.367 e. The molecule has 0 aliphatic carbocycles. The number of imidazole rings is 1. The summed E-state index contributed by atoms with van der Waals surface area (Å²) < 4.78 is 47.3. The Hall–Kier alpha value is -3.89. The molecule has 0 radical (unpaired) electrons. The predicted octanol–water partition coefficient (Wildman–Crippen LogP) is 5.65. The van der Waals surface area contributed by atoms with Gasteiger partial charge in [0.2, 0.25) is 0 Å². The van der Waals surface area contributed by atoms with Gasteiger partial charge in [-0.3, -0.25) is 0 Å². The van der Waals surface area contributed by atoms with Gasteiger partial charge in [0.1, 0.15) is 17.0 Å². The molecule has 2 fully saturated rings. The molecular formula is C31H32F3N7. The summed E-state index contributed by atoms with van der Waals surface area (Å²) in [5, 5.41) is 4.01. The van der Waals surface area contributed by atoms with Crippen LogP contribution in [0.15, 0.2) is 42.7 Å². The number of piperidine rings is 1. The van der Waals surface area contributed by atoms with Crippen molar-refractivity contribution in [2.75, 3.05) is 51.2 Å². The quantitative estimate of drug-likeness (QED) is 0.298. The molecule has 7 rings (SSSR count). The van der Waals surface area contributed by atoms with Crippen molar-refractivity contribution in [1.82, 2.24) is 29.7 Å². The fourth-order valence-corrected chi connectivity index (χ4v) is 6.42. The van der Waals surface area contributed by atoms with Crippen molar-refractivity contribution in [3.8, 4) is 22.3 Å². The highest BCUT2D eigenvalue weighted by atomic mass is 19.2. The lowest BCUT2D eigenvalue weighted by molar-refractivity contribution is 0.222.